The first kappa shape index (κ1) is 10.9. The summed E-state index contributed by atoms with van der Waals surface area (Å²) in [4.78, 5) is 0. The van der Waals surface area contributed by atoms with E-state index in [0.29, 0.717) is 0 Å². The van der Waals surface area contributed by atoms with Gasteiger partial charge in [0.2, 0.25) is 0 Å². The fourth-order valence-corrected chi connectivity index (χ4v) is 2.89. The average Bonchev–Trinajstić information content (AvgIpc) is 3.03. The fourth-order valence-electron chi connectivity index (χ4n) is 2.24. The van der Waals surface area contributed by atoms with E-state index >= 15 is 0 Å². The topological polar surface area (TPSA) is 9.23 Å². The van der Waals surface area contributed by atoms with Gasteiger partial charge in [-0.25, -0.2) is 0 Å². The molecule has 0 aliphatic heterocycles. The minimum absolute atomic E-state index is 0.865. The summed E-state index contributed by atoms with van der Waals surface area (Å²) in [5, 5.41) is 1.20. The number of hydrogen-bond donors (Lipinski definition) is 0. The third-order valence-electron chi connectivity index (χ3n) is 3.59. The molecule has 2 heteroatoms. The van der Waals surface area contributed by atoms with Crippen molar-refractivity contribution in [1.29, 1.82) is 0 Å². The van der Waals surface area contributed by atoms with E-state index in [9.17, 15) is 0 Å². The third kappa shape index (κ3) is 3.54. The minimum atomic E-state index is 0.865. The SMILES string of the molecule is BrCC1CCC(COCC2CC2)CC1. The Hall–Kier alpha value is 0.440. The van der Waals surface area contributed by atoms with Gasteiger partial charge in [0.05, 0.1) is 0 Å². The van der Waals surface area contributed by atoms with Crippen LogP contribution in [0.15, 0.2) is 0 Å². The molecule has 0 unspecified atom stereocenters. The van der Waals surface area contributed by atoms with Gasteiger partial charge in [-0.1, -0.05) is 15.9 Å². The molecule has 0 saturated heterocycles. The molecule has 1 nitrogen and oxygen atoms in total. The van der Waals surface area contributed by atoms with Crippen LogP contribution in [-0.4, -0.2) is 18.5 Å². The molecule has 0 aromatic rings. The number of halogens is 1. The van der Waals surface area contributed by atoms with Gasteiger partial charge in [0.15, 0.2) is 0 Å². The summed E-state index contributed by atoms with van der Waals surface area (Å²) in [5.74, 6) is 2.73. The summed E-state index contributed by atoms with van der Waals surface area (Å²) < 4.78 is 5.75. The van der Waals surface area contributed by atoms with E-state index in [4.69, 9.17) is 4.74 Å². The summed E-state index contributed by atoms with van der Waals surface area (Å²) in [6.07, 6.45) is 8.42. The highest BCUT2D eigenvalue weighted by molar-refractivity contribution is 9.09. The lowest BCUT2D eigenvalue weighted by Gasteiger charge is -2.27. The second-order valence-corrected chi connectivity index (χ2v) is 5.67. The molecule has 0 aromatic carbocycles. The van der Waals surface area contributed by atoms with Gasteiger partial charge < -0.3 is 4.74 Å². The van der Waals surface area contributed by atoms with Gasteiger partial charge in [-0.3, -0.25) is 0 Å². The van der Waals surface area contributed by atoms with Crippen molar-refractivity contribution in [2.45, 2.75) is 38.5 Å². The van der Waals surface area contributed by atoms with Crippen LogP contribution >= 0.6 is 15.9 Å². The molecular weight excluding hydrogens is 240 g/mol. The molecule has 0 bridgehead atoms. The van der Waals surface area contributed by atoms with Gasteiger partial charge in [-0.05, 0) is 56.3 Å². The fraction of sp³-hybridized carbons (Fsp3) is 1.00. The molecule has 2 aliphatic rings. The number of ether oxygens (including phenoxy) is 1. The largest absolute Gasteiger partial charge is 0.381 e. The molecule has 0 atom stereocenters. The van der Waals surface area contributed by atoms with Gasteiger partial charge in [0.25, 0.3) is 0 Å². The molecule has 2 aliphatic carbocycles. The van der Waals surface area contributed by atoms with Crippen molar-refractivity contribution in [3.8, 4) is 0 Å². The molecule has 2 saturated carbocycles. The van der Waals surface area contributed by atoms with Gasteiger partial charge in [0, 0.05) is 18.5 Å². The standard InChI is InChI=1S/C12H21BrO/c13-7-10-1-3-11(4-2-10)8-14-9-12-5-6-12/h10-12H,1-9H2. The van der Waals surface area contributed by atoms with E-state index in [1.807, 2.05) is 0 Å². The monoisotopic (exact) mass is 260 g/mol. The third-order valence-corrected chi connectivity index (χ3v) is 4.50. The zero-order valence-electron chi connectivity index (χ0n) is 8.88. The lowest BCUT2D eigenvalue weighted by Crippen LogP contribution is -2.19. The highest BCUT2D eigenvalue weighted by atomic mass is 79.9. The van der Waals surface area contributed by atoms with Crippen LogP contribution in [0, 0.1) is 17.8 Å². The maximum atomic E-state index is 5.75. The van der Waals surface area contributed by atoms with E-state index < -0.39 is 0 Å². The van der Waals surface area contributed by atoms with Crippen LogP contribution in [0.5, 0.6) is 0 Å². The lowest BCUT2D eigenvalue weighted by atomic mass is 9.83. The maximum Gasteiger partial charge on any atom is 0.0494 e. The first-order valence-electron chi connectivity index (χ1n) is 6.02. The Morgan fingerprint density at radius 2 is 1.21 bits per heavy atom. The van der Waals surface area contributed by atoms with E-state index in [2.05, 4.69) is 15.9 Å². The van der Waals surface area contributed by atoms with Crippen LogP contribution in [0.3, 0.4) is 0 Å². The van der Waals surface area contributed by atoms with Crippen molar-refractivity contribution in [3.05, 3.63) is 0 Å². The second kappa shape index (κ2) is 5.50. The normalized spacial score (nSPS) is 33.2. The summed E-state index contributed by atoms with van der Waals surface area (Å²) in [5.41, 5.74) is 0. The zero-order valence-corrected chi connectivity index (χ0v) is 10.5. The average molecular weight is 261 g/mol. The number of rotatable bonds is 5. The maximum absolute atomic E-state index is 5.75. The first-order chi connectivity index (χ1) is 6.88. The van der Waals surface area contributed by atoms with Crippen molar-refractivity contribution in [3.63, 3.8) is 0 Å². The predicted molar refractivity (Wildman–Crippen MR) is 62.8 cm³/mol. The molecule has 0 spiro atoms. The van der Waals surface area contributed by atoms with E-state index in [1.54, 1.807) is 0 Å². The molecule has 2 fully saturated rings. The zero-order chi connectivity index (χ0) is 9.80. The molecular formula is C12H21BrO. The highest BCUT2D eigenvalue weighted by Gasteiger charge is 2.23. The molecule has 0 N–H and O–H groups in total. The van der Waals surface area contributed by atoms with Gasteiger partial charge in [-0.15, -0.1) is 0 Å². The molecule has 2 rings (SSSR count). The molecule has 0 radical (unpaired) electrons. The van der Waals surface area contributed by atoms with Crippen molar-refractivity contribution < 1.29 is 4.74 Å². The van der Waals surface area contributed by atoms with Crippen molar-refractivity contribution in [2.75, 3.05) is 18.5 Å². The van der Waals surface area contributed by atoms with Gasteiger partial charge in [-0.2, -0.15) is 0 Å². The van der Waals surface area contributed by atoms with E-state index in [0.717, 1.165) is 31.0 Å². The van der Waals surface area contributed by atoms with Crippen LogP contribution in [0.25, 0.3) is 0 Å². The highest BCUT2D eigenvalue weighted by Crippen LogP contribution is 2.32. The quantitative estimate of drug-likeness (QED) is 0.687. The molecule has 14 heavy (non-hydrogen) atoms. The van der Waals surface area contributed by atoms with Gasteiger partial charge in [0.1, 0.15) is 0 Å². The van der Waals surface area contributed by atoms with Crippen LogP contribution in [0.4, 0.5) is 0 Å². The minimum Gasteiger partial charge on any atom is -0.381 e. The lowest BCUT2D eigenvalue weighted by molar-refractivity contribution is 0.0729. The van der Waals surface area contributed by atoms with Crippen LogP contribution in [-0.2, 0) is 4.74 Å². The number of hydrogen-bond acceptors (Lipinski definition) is 1. The van der Waals surface area contributed by atoms with Crippen molar-refractivity contribution >= 4 is 15.9 Å². The summed E-state index contributed by atoms with van der Waals surface area (Å²) >= 11 is 3.58. The Bertz CT molecular complexity index is 160. The van der Waals surface area contributed by atoms with E-state index in [1.165, 1.54) is 43.9 Å². The molecule has 0 heterocycles. The Labute approximate surface area is 95.7 Å². The second-order valence-electron chi connectivity index (χ2n) is 5.02. The summed E-state index contributed by atoms with van der Waals surface area (Å²) in [6, 6.07) is 0. The Morgan fingerprint density at radius 1 is 0.786 bits per heavy atom. The van der Waals surface area contributed by atoms with E-state index in [-0.39, 0.29) is 0 Å². The van der Waals surface area contributed by atoms with Gasteiger partial charge >= 0.3 is 0 Å². The van der Waals surface area contributed by atoms with Crippen molar-refractivity contribution in [1.82, 2.24) is 0 Å². The number of alkyl halides is 1. The van der Waals surface area contributed by atoms with Crippen LogP contribution < -0.4 is 0 Å². The van der Waals surface area contributed by atoms with Crippen molar-refractivity contribution in [2.24, 2.45) is 17.8 Å². The Morgan fingerprint density at radius 3 is 1.64 bits per heavy atom. The predicted octanol–water partition coefficient (Wildman–Crippen LogP) is 3.61. The van der Waals surface area contributed by atoms with Crippen LogP contribution in [0.1, 0.15) is 38.5 Å². The Kier molecular flexibility index (Phi) is 4.30. The molecule has 0 amide bonds. The molecule has 82 valence electrons. The molecule has 0 aromatic heterocycles. The smallest absolute Gasteiger partial charge is 0.0494 e. The van der Waals surface area contributed by atoms with Crippen LogP contribution in [0.2, 0.25) is 0 Å². The first-order valence-corrected chi connectivity index (χ1v) is 7.14. The Balaban J connectivity index is 1.53. The summed E-state index contributed by atoms with van der Waals surface area (Å²) in [7, 11) is 0. The summed E-state index contributed by atoms with van der Waals surface area (Å²) in [6.45, 7) is 2.07.